The third-order valence-electron chi connectivity index (χ3n) is 3.62. The number of nitrogens with zero attached hydrogens (tertiary/aromatic N) is 5. The van der Waals surface area contributed by atoms with Crippen molar-refractivity contribution in [2.45, 2.75) is 23.4 Å². The molecule has 8 heteroatoms. The summed E-state index contributed by atoms with van der Waals surface area (Å²) in [5.41, 5.74) is 8.02. The number of rotatable bonds is 4. The lowest BCUT2D eigenvalue weighted by Gasteiger charge is -2.05. The molecule has 0 saturated heterocycles. The van der Waals surface area contributed by atoms with Gasteiger partial charge in [-0.05, 0) is 35.4 Å². The van der Waals surface area contributed by atoms with Gasteiger partial charge in [0.25, 0.3) is 0 Å². The number of anilines is 1. The Balaban J connectivity index is 1.80. The smallest absolute Gasteiger partial charge is 0.199 e. The Labute approximate surface area is 141 Å². The molecule has 0 spiro atoms. The van der Waals surface area contributed by atoms with E-state index in [1.54, 1.807) is 18.0 Å². The van der Waals surface area contributed by atoms with E-state index in [9.17, 15) is 0 Å². The van der Waals surface area contributed by atoms with E-state index in [2.05, 4.69) is 32.4 Å². The van der Waals surface area contributed by atoms with Gasteiger partial charge < -0.3 is 10.3 Å². The molecule has 0 aliphatic rings. The van der Waals surface area contributed by atoms with Crippen LogP contribution in [-0.4, -0.2) is 24.8 Å². The van der Waals surface area contributed by atoms with E-state index >= 15 is 0 Å². The quantitative estimate of drug-likeness (QED) is 0.610. The molecule has 0 radical (unpaired) electrons. The van der Waals surface area contributed by atoms with Crippen LogP contribution in [0.25, 0.3) is 22.6 Å². The highest BCUT2D eigenvalue weighted by molar-refractivity contribution is 7.99. The number of aromatic nitrogens is 5. The number of aryl methyl sites for hydroxylation is 1. The van der Waals surface area contributed by atoms with Crippen molar-refractivity contribution in [1.29, 1.82) is 0 Å². The van der Waals surface area contributed by atoms with Crippen molar-refractivity contribution < 1.29 is 4.63 Å². The van der Waals surface area contributed by atoms with Crippen LogP contribution in [0, 0.1) is 0 Å². The Kier molecular flexibility index (Phi) is 3.66. The third kappa shape index (κ3) is 2.50. The highest BCUT2D eigenvalue weighted by Crippen LogP contribution is 2.31. The fraction of sp³-hybridized carbons (Fsp3) is 0.125. The Hall–Kier alpha value is -2.87. The molecule has 2 N–H and O–H groups in total. The van der Waals surface area contributed by atoms with Gasteiger partial charge in [0, 0.05) is 11.4 Å². The van der Waals surface area contributed by atoms with Crippen LogP contribution in [0.1, 0.15) is 6.92 Å². The fourth-order valence-corrected chi connectivity index (χ4v) is 3.34. The van der Waals surface area contributed by atoms with Gasteiger partial charge >= 0.3 is 0 Å². The van der Waals surface area contributed by atoms with E-state index in [1.807, 2.05) is 35.8 Å². The molecule has 24 heavy (non-hydrogen) atoms. The lowest BCUT2D eigenvalue weighted by atomic mass is 10.4. The minimum atomic E-state index is 0.229. The molecule has 120 valence electrons. The molecule has 0 unspecified atom stereocenters. The van der Waals surface area contributed by atoms with Crippen LogP contribution in [0.5, 0.6) is 0 Å². The van der Waals surface area contributed by atoms with Gasteiger partial charge in [0.1, 0.15) is 10.5 Å². The maximum Gasteiger partial charge on any atom is 0.199 e. The van der Waals surface area contributed by atoms with E-state index in [1.165, 1.54) is 0 Å². The van der Waals surface area contributed by atoms with Crippen LogP contribution in [0.3, 0.4) is 0 Å². The molecule has 0 atom stereocenters. The minimum Gasteiger partial charge on any atom is -0.379 e. The normalized spacial score (nSPS) is 11.2. The van der Waals surface area contributed by atoms with Gasteiger partial charge in [0.15, 0.2) is 17.3 Å². The van der Waals surface area contributed by atoms with Crippen molar-refractivity contribution in [3.8, 4) is 11.5 Å². The Morgan fingerprint density at radius 3 is 2.75 bits per heavy atom. The molecule has 3 heterocycles. The summed E-state index contributed by atoms with van der Waals surface area (Å²) in [6.45, 7) is 2.76. The second-order valence-corrected chi connectivity index (χ2v) is 6.20. The van der Waals surface area contributed by atoms with Gasteiger partial charge in [-0.1, -0.05) is 30.0 Å². The summed E-state index contributed by atoms with van der Waals surface area (Å²) in [5.74, 6) is 0.863. The molecule has 7 nitrogen and oxygen atoms in total. The lowest BCUT2D eigenvalue weighted by Crippen LogP contribution is -2.00. The van der Waals surface area contributed by atoms with Gasteiger partial charge in [0.2, 0.25) is 0 Å². The average Bonchev–Trinajstić information content (AvgIpc) is 3.18. The molecule has 4 aromatic rings. The molecule has 0 aliphatic carbocycles. The molecular formula is C16H14N6OS. The second-order valence-electron chi connectivity index (χ2n) is 5.10. The fourth-order valence-electron chi connectivity index (χ4n) is 2.53. The predicted octanol–water partition coefficient (Wildman–Crippen LogP) is 3.23. The summed E-state index contributed by atoms with van der Waals surface area (Å²) in [6.07, 6.45) is 1.76. The summed E-state index contributed by atoms with van der Waals surface area (Å²) in [5, 5.41) is 8.39. The molecule has 4 rings (SSSR count). The van der Waals surface area contributed by atoms with Crippen LogP contribution in [0.15, 0.2) is 57.1 Å². The van der Waals surface area contributed by atoms with Crippen molar-refractivity contribution in [3.05, 3.63) is 42.6 Å². The van der Waals surface area contributed by atoms with E-state index < -0.39 is 0 Å². The lowest BCUT2D eigenvalue weighted by molar-refractivity contribution is 0.310. The summed E-state index contributed by atoms with van der Waals surface area (Å²) < 4.78 is 6.73. The summed E-state index contributed by atoms with van der Waals surface area (Å²) in [4.78, 5) is 10.2. The van der Waals surface area contributed by atoms with Crippen LogP contribution in [-0.2, 0) is 6.54 Å². The standard InChI is InChI=1S/C16H14N6OS/c1-2-22-12-8-13(24-10-6-4-3-5-7-10)18-9-11(12)19-16(22)14-15(17)21-23-20-14/h3-9H,2H2,1H3,(H2,17,21). The zero-order valence-corrected chi connectivity index (χ0v) is 13.7. The van der Waals surface area contributed by atoms with Crippen LogP contribution < -0.4 is 5.73 Å². The topological polar surface area (TPSA) is 95.7 Å². The maximum absolute atomic E-state index is 5.81. The van der Waals surface area contributed by atoms with Crippen LogP contribution >= 0.6 is 11.8 Å². The number of pyridine rings is 1. The third-order valence-corrected chi connectivity index (χ3v) is 4.56. The van der Waals surface area contributed by atoms with Crippen LogP contribution in [0.4, 0.5) is 5.82 Å². The largest absolute Gasteiger partial charge is 0.379 e. The van der Waals surface area contributed by atoms with Gasteiger partial charge in [-0.15, -0.1) is 0 Å². The van der Waals surface area contributed by atoms with Gasteiger partial charge in [-0.2, -0.15) is 0 Å². The number of hydrogen-bond donors (Lipinski definition) is 1. The molecule has 0 saturated carbocycles. The molecule has 0 amide bonds. The van der Waals surface area contributed by atoms with Gasteiger partial charge in [-0.3, -0.25) is 0 Å². The zero-order chi connectivity index (χ0) is 16.5. The first-order valence-corrected chi connectivity index (χ1v) is 8.25. The summed E-state index contributed by atoms with van der Waals surface area (Å²) >= 11 is 1.61. The Morgan fingerprint density at radius 2 is 2.04 bits per heavy atom. The van der Waals surface area contributed by atoms with E-state index in [0.717, 1.165) is 27.5 Å². The molecule has 0 aliphatic heterocycles. The van der Waals surface area contributed by atoms with Crippen molar-refractivity contribution in [2.75, 3.05) is 5.73 Å². The Morgan fingerprint density at radius 1 is 1.21 bits per heavy atom. The zero-order valence-electron chi connectivity index (χ0n) is 12.9. The molecule has 0 bridgehead atoms. The summed E-state index contributed by atoms with van der Waals surface area (Å²) in [6, 6.07) is 12.2. The number of fused-ring (bicyclic) bond motifs is 1. The highest BCUT2D eigenvalue weighted by atomic mass is 32.2. The number of hydrogen-bond acceptors (Lipinski definition) is 7. The SMILES string of the molecule is CCn1c(-c2nonc2N)nc2cnc(Sc3ccccc3)cc21. The maximum atomic E-state index is 5.81. The predicted molar refractivity (Wildman–Crippen MR) is 91.5 cm³/mol. The minimum absolute atomic E-state index is 0.229. The van der Waals surface area contributed by atoms with E-state index in [0.29, 0.717) is 11.5 Å². The van der Waals surface area contributed by atoms with Crippen LogP contribution in [0.2, 0.25) is 0 Å². The molecule has 1 aromatic carbocycles. The number of benzene rings is 1. The number of nitrogen functional groups attached to an aromatic ring is 1. The molecule has 3 aromatic heterocycles. The first-order chi connectivity index (χ1) is 11.8. The van der Waals surface area contributed by atoms with Crippen molar-refractivity contribution in [2.24, 2.45) is 0 Å². The average molecular weight is 338 g/mol. The number of imidazole rings is 1. The van der Waals surface area contributed by atoms with Crippen molar-refractivity contribution in [3.63, 3.8) is 0 Å². The highest BCUT2D eigenvalue weighted by Gasteiger charge is 2.19. The molecular weight excluding hydrogens is 324 g/mol. The second kappa shape index (κ2) is 5.97. The first-order valence-electron chi connectivity index (χ1n) is 7.44. The van der Waals surface area contributed by atoms with Crippen molar-refractivity contribution >= 4 is 28.6 Å². The van der Waals surface area contributed by atoms with Gasteiger partial charge in [-0.25, -0.2) is 14.6 Å². The Bertz CT molecular complexity index is 994. The summed E-state index contributed by atoms with van der Waals surface area (Å²) in [7, 11) is 0. The van der Waals surface area contributed by atoms with E-state index in [-0.39, 0.29) is 5.82 Å². The van der Waals surface area contributed by atoms with Gasteiger partial charge in [0.05, 0.1) is 11.7 Å². The first kappa shape index (κ1) is 14.7. The number of nitrogens with two attached hydrogens (primary N) is 1. The van der Waals surface area contributed by atoms with E-state index in [4.69, 9.17) is 10.4 Å². The monoisotopic (exact) mass is 338 g/mol. The molecule has 0 fully saturated rings. The van der Waals surface area contributed by atoms with Crippen molar-refractivity contribution in [1.82, 2.24) is 24.8 Å².